The molecule has 1 N–H and O–H groups in total. The highest BCUT2D eigenvalue weighted by Gasteiger charge is 2.22. The van der Waals surface area contributed by atoms with Crippen LogP contribution >= 0.6 is 0 Å². The molecule has 1 aromatic rings. The smallest absolute Gasteiger partial charge is 0.241 e. The summed E-state index contributed by atoms with van der Waals surface area (Å²) in [5, 5.41) is 6.83. The second-order valence-corrected chi connectivity index (χ2v) is 3.05. The molecular formula is C8H11N3O. The van der Waals surface area contributed by atoms with Crippen molar-refractivity contribution in [2.45, 2.75) is 25.4 Å². The molecule has 1 saturated carbocycles. The van der Waals surface area contributed by atoms with Gasteiger partial charge in [-0.05, 0) is 18.9 Å². The second kappa shape index (κ2) is 2.97. The van der Waals surface area contributed by atoms with Gasteiger partial charge in [0.15, 0.2) is 0 Å². The van der Waals surface area contributed by atoms with Crippen molar-refractivity contribution in [2.24, 2.45) is 0 Å². The van der Waals surface area contributed by atoms with Gasteiger partial charge in [-0.15, -0.1) is 0 Å². The van der Waals surface area contributed by atoms with E-state index in [9.17, 15) is 4.79 Å². The van der Waals surface area contributed by atoms with Crippen molar-refractivity contribution in [3.63, 3.8) is 0 Å². The highest BCUT2D eigenvalue weighted by atomic mass is 16.2. The summed E-state index contributed by atoms with van der Waals surface area (Å²) in [5.74, 6) is 0.0567. The van der Waals surface area contributed by atoms with Crippen LogP contribution in [0.2, 0.25) is 0 Å². The molecule has 4 nitrogen and oxygen atoms in total. The second-order valence-electron chi connectivity index (χ2n) is 3.05. The fraction of sp³-hybridized carbons (Fsp3) is 0.500. The van der Waals surface area contributed by atoms with Gasteiger partial charge in [-0.25, -0.2) is 0 Å². The molecule has 1 heterocycles. The Bertz CT molecular complexity index is 264. The maximum Gasteiger partial charge on any atom is 0.241 e. The van der Waals surface area contributed by atoms with E-state index in [0.29, 0.717) is 12.6 Å². The van der Waals surface area contributed by atoms with Gasteiger partial charge in [0.2, 0.25) is 5.91 Å². The van der Waals surface area contributed by atoms with E-state index in [4.69, 9.17) is 0 Å². The number of nitrogens with one attached hydrogen (secondary N) is 1. The van der Waals surface area contributed by atoms with Crippen LogP contribution in [0.3, 0.4) is 0 Å². The lowest BCUT2D eigenvalue weighted by Crippen LogP contribution is -2.29. The van der Waals surface area contributed by atoms with E-state index >= 15 is 0 Å². The van der Waals surface area contributed by atoms with Gasteiger partial charge in [-0.3, -0.25) is 9.48 Å². The van der Waals surface area contributed by atoms with Crippen LogP contribution in [-0.2, 0) is 11.3 Å². The fourth-order valence-corrected chi connectivity index (χ4v) is 1.04. The summed E-state index contributed by atoms with van der Waals surface area (Å²) >= 11 is 0. The molecule has 1 aliphatic carbocycles. The van der Waals surface area contributed by atoms with E-state index in [0.717, 1.165) is 12.8 Å². The molecule has 0 unspecified atom stereocenters. The van der Waals surface area contributed by atoms with Crippen LogP contribution < -0.4 is 5.32 Å². The normalized spacial score (nSPS) is 16.0. The molecule has 0 bridgehead atoms. The lowest BCUT2D eigenvalue weighted by atomic mass is 10.5. The summed E-state index contributed by atoms with van der Waals surface area (Å²) < 4.78 is 1.62. The molecule has 4 heteroatoms. The number of carbonyl (C=O) groups is 1. The third kappa shape index (κ3) is 1.84. The molecule has 1 fully saturated rings. The molecule has 0 spiro atoms. The topological polar surface area (TPSA) is 46.9 Å². The standard InChI is InChI=1S/C8H11N3O/c12-8(10-7-2-3-7)6-11-5-1-4-9-11/h1,4-5,7H,2-3,6H2,(H,10,12). The van der Waals surface area contributed by atoms with E-state index in [-0.39, 0.29) is 5.91 Å². The maximum atomic E-state index is 11.2. The molecule has 64 valence electrons. The first-order valence-corrected chi connectivity index (χ1v) is 4.11. The van der Waals surface area contributed by atoms with Crippen LogP contribution in [0.5, 0.6) is 0 Å². The van der Waals surface area contributed by atoms with Crippen molar-refractivity contribution in [3.8, 4) is 0 Å². The Morgan fingerprint density at radius 2 is 2.50 bits per heavy atom. The fourth-order valence-electron chi connectivity index (χ4n) is 1.04. The number of nitrogens with zero attached hydrogens (tertiary/aromatic N) is 2. The zero-order valence-electron chi connectivity index (χ0n) is 6.73. The largest absolute Gasteiger partial charge is 0.352 e. The van der Waals surface area contributed by atoms with Crippen molar-refractivity contribution in [2.75, 3.05) is 0 Å². The highest BCUT2D eigenvalue weighted by molar-refractivity contribution is 5.76. The first-order valence-electron chi connectivity index (χ1n) is 4.11. The molecule has 2 rings (SSSR count). The predicted octanol–water partition coefficient (Wildman–Crippen LogP) is 0.162. The average molecular weight is 165 g/mol. The number of aromatic nitrogens is 2. The van der Waals surface area contributed by atoms with Gasteiger partial charge < -0.3 is 5.32 Å². The SMILES string of the molecule is O=C(Cn1cccn1)NC1CC1. The van der Waals surface area contributed by atoms with Crippen LogP contribution in [0.25, 0.3) is 0 Å². The van der Waals surface area contributed by atoms with E-state index in [1.165, 1.54) is 0 Å². The lowest BCUT2D eigenvalue weighted by molar-refractivity contribution is -0.122. The van der Waals surface area contributed by atoms with Gasteiger partial charge in [-0.1, -0.05) is 0 Å². The summed E-state index contributed by atoms with van der Waals surface area (Å²) in [6, 6.07) is 2.25. The minimum atomic E-state index is 0.0567. The molecule has 12 heavy (non-hydrogen) atoms. The molecule has 1 aliphatic rings. The Labute approximate surface area is 70.6 Å². The Hall–Kier alpha value is -1.32. The van der Waals surface area contributed by atoms with Crippen LogP contribution in [0.1, 0.15) is 12.8 Å². The Morgan fingerprint density at radius 1 is 1.67 bits per heavy atom. The van der Waals surface area contributed by atoms with Crippen LogP contribution in [0.15, 0.2) is 18.5 Å². The van der Waals surface area contributed by atoms with E-state index in [2.05, 4.69) is 10.4 Å². The summed E-state index contributed by atoms with van der Waals surface area (Å²) in [6.07, 6.45) is 5.71. The number of hydrogen-bond donors (Lipinski definition) is 1. The molecule has 1 amide bonds. The zero-order valence-corrected chi connectivity index (χ0v) is 6.73. The predicted molar refractivity (Wildman–Crippen MR) is 43.4 cm³/mol. The molecule has 0 atom stereocenters. The van der Waals surface area contributed by atoms with Gasteiger partial charge in [0.25, 0.3) is 0 Å². The summed E-state index contributed by atoms with van der Waals surface area (Å²) in [6.45, 7) is 0.337. The third-order valence-corrected chi connectivity index (χ3v) is 1.81. The minimum Gasteiger partial charge on any atom is -0.352 e. The van der Waals surface area contributed by atoms with Crippen molar-refractivity contribution in [1.29, 1.82) is 0 Å². The molecule has 0 aliphatic heterocycles. The minimum absolute atomic E-state index is 0.0567. The van der Waals surface area contributed by atoms with E-state index < -0.39 is 0 Å². The van der Waals surface area contributed by atoms with Gasteiger partial charge in [0, 0.05) is 18.4 Å². The van der Waals surface area contributed by atoms with Crippen molar-refractivity contribution in [1.82, 2.24) is 15.1 Å². The maximum absolute atomic E-state index is 11.2. The average Bonchev–Trinajstić information content (AvgIpc) is 2.66. The van der Waals surface area contributed by atoms with Gasteiger partial charge in [0.1, 0.15) is 6.54 Å². The van der Waals surface area contributed by atoms with Gasteiger partial charge >= 0.3 is 0 Å². The summed E-state index contributed by atoms with van der Waals surface area (Å²) in [4.78, 5) is 11.2. The van der Waals surface area contributed by atoms with Crippen molar-refractivity contribution in [3.05, 3.63) is 18.5 Å². The zero-order chi connectivity index (χ0) is 8.39. The summed E-state index contributed by atoms with van der Waals surface area (Å²) in [7, 11) is 0. The number of amides is 1. The Kier molecular flexibility index (Phi) is 1.81. The number of carbonyl (C=O) groups excluding carboxylic acids is 1. The lowest BCUT2D eigenvalue weighted by Gasteiger charge is -2.02. The Morgan fingerprint density at radius 3 is 3.08 bits per heavy atom. The highest BCUT2D eigenvalue weighted by Crippen LogP contribution is 2.18. The Balaban J connectivity index is 1.82. The monoisotopic (exact) mass is 165 g/mol. The first-order chi connectivity index (χ1) is 5.84. The van der Waals surface area contributed by atoms with Crippen LogP contribution in [-0.4, -0.2) is 21.7 Å². The van der Waals surface area contributed by atoms with E-state index in [1.807, 2.05) is 6.07 Å². The number of hydrogen-bond acceptors (Lipinski definition) is 2. The third-order valence-electron chi connectivity index (χ3n) is 1.81. The van der Waals surface area contributed by atoms with Crippen molar-refractivity contribution >= 4 is 5.91 Å². The quantitative estimate of drug-likeness (QED) is 0.693. The molecular weight excluding hydrogens is 154 g/mol. The molecule has 0 saturated heterocycles. The van der Waals surface area contributed by atoms with E-state index in [1.54, 1.807) is 17.1 Å². The number of rotatable bonds is 3. The van der Waals surface area contributed by atoms with Crippen molar-refractivity contribution < 1.29 is 4.79 Å². The molecule has 0 aromatic carbocycles. The van der Waals surface area contributed by atoms with Crippen LogP contribution in [0.4, 0.5) is 0 Å². The molecule has 1 aromatic heterocycles. The molecule has 0 radical (unpaired) electrons. The summed E-state index contributed by atoms with van der Waals surface area (Å²) in [5.41, 5.74) is 0. The van der Waals surface area contributed by atoms with Gasteiger partial charge in [0.05, 0.1) is 0 Å². The van der Waals surface area contributed by atoms with Crippen LogP contribution in [0, 0.1) is 0 Å². The first kappa shape index (κ1) is 7.34. The van der Waals surface area contributed by atoms with Gasteiger partial charge in [-0.2, -0.15) is 5.10 Å².